The molecule has 7 nitrogen and oxygen atoms in total. The fourth-order valence-electron chi connectivity index (χ4n) is 2.23. The molecule has 7 heteroatoms. The summed E-state index contributed by atoms with van der Waals surface area (Å²) in [4.78, 5) is 16.2. The Kier molecular flexibility index (Phi) is 4.26. The molecule has 3 aromatic rings. The number of hydrogen-bond acceptors (Lipinski definition) is 6. The van der Waals surface area contributed by atoms with E-state index in [4.69, 9.17) is 20.8 Å². The van der Waals surface area contributed by atoms with Crippen LogP contribution in [0.1, 0.15) is 30.2 Å². The zero-order chi connectivity index (χ0) is 17.8. The second kappa shape index (κ2) is 6.68. The Hall–Kier alpha value is -3.92. The van der Waals surface area contributed by atoms with Crippen molar-refractivity contribution in [2.45, 2.75) is 0 Å². The van der Waals surface area contributed by atoms with Crippen molar-refractivity contribution in [2.24, 2.45) is 0 Å². The lowest BCUT2D eigenvalue weighted by molar-refractivity contribution is 0.102. The molecule has 1 aromatic carbocycles. The van der Waals surface area contributed by atoms with Crippen LogP contribution in [0.2, 0.25) is 0 Å². The first-order valence-corrected chi connectivity index (χ1v) is 7.28. The Balaban J connectivity index is 0.00000182. The summed E-state index contributed by atoms with van der Waals surface area (Å²) in [6, 6.07) is 13.0. The lowest BCUT2D eigenvalue weighted by Gasteiger charge is -2.10. The van der Waals surface area contributed by atoms with Crippen LogP contribution >= 0.6 is 0 Å². The number of aromatic nitrogens is 1. The number of hydrogen-bond donors (Lipinski definition) is 3. The minimum Gasteiger partial charge on any atom is -0.472 e. The number of nitrogen functional groups attached to an aromatic ring is 1. The number of benzene rings is 1. The van der Waals surface area contributed by atoms with E-state index in [1.165, 1.54) is 24.7 Å². The van der Waals surface area contributed by atoms with Crippen molar-refractivity contribution in [3.63, 3.8) is 0 Å². The summed E-state index contributed by atoms with van der Waals surface area (Å²) in [6.45, 7) is 0. The molecule has 0 aliphatic heterocycles. The highest BCUT2D eigenvalue weighted by molar-refractivity contribution is 6.14. The number of furan rings is 1. The average molecular weight is 335 g/mol. The predicted octanol–water partition coefficient (Wildman–Crippen LogP) is 3.29. The standard InChI is InChI=1S/C18H13N5O2.2H2/c19-9-13-2-1-3-16(22-13)18(24)23-12-4-5-15(20)14(8-12)17(21)11-6-7-25-10-11;;/h1-8,10,21H,20H2,(H,23,24);2*1H. The largest absolute Gasteiger partial charge is 0.472 e. The second-order valence-electron chi connectivity index (χ2n) is 5.16. The highest BCUT2D eigenvalue weighted by atomic mass is 16.3. The molecule has 2 heterocycles. The molecular formula is C18H17N5O2. The van der Waals surface area contributed by atoms with Crippen molar-refractivity contribution in [1.29, 1.82) is 10.7 Å². The number of carbonyl (C=O) groups excluding carboxylic acids is 1. The fraction of sp³-hybridized carbons (Fsp3) is 0. The van der Waals surface area contributed by atoms with Gasteiger partial charge in [0.15, 0.2) is 0 Å². The second-order valence-corrected chi connectivity index (χ2v) is 5.16. The fourth-order valence-corrected chi connectivity index (χ4v) is 2.23. The molecule has 25 heavy (non-hydrogen) atoms. The van der Waals surface area contributed by atoms with E-state index in [0.717, 1.165) is 0 Å². The SMILES string of the molecule is N#Cc1cccc(C(=O)Nc2ccc(N)c(C(=N)c3ccoc3)c2)n1.[HH].[HH]. The summed E-state index contributed by atoms with van der Waals surface area (Å²) >= 11 is 0. The predicted molar refractivity (Wildman–Crippen MR) is 96.6 cm³/mol. The van der Waals surface area contributed by atoms with Crippen molar-refractivity contribution in [2.75, 3.05) is 11.1 Å². The van der Waals surface area contributed by atoms with Gasteiger partial charge in [-0.3, -0.25) is 10.2 Å². The summed E-state index contributed by atoms with van der Waals surface area (Å²) in [5.41, 5.74) is 8.35. The maximum atomic E-state index is 12.3. The average Bonchev–Trinajstić information content (AvgIpc) is 3.17. The van der Waals surface area contributed by atoms with Gasteiger partial charge in [-0.15, -0.1) is 0 Å². The Morgan fingerprint density at radius 3 is 2.88 bits per heavy atom. The Labute approximate surface area is 146 Å². The quantitative estimate of drug-likeness (QED) is 0.497. The molecule has 0 radical (unpaired) electrons. The summed E-state index contributed by atoms with van der Waals surface area (Å²) < 4.78 is 4.99. The van der Waals surface area contributed by atoms with Gasteiger partial charge in [-0.2, -0.15) is 5.26 Å². The minimum absolute atomic E-state index is 0. The smallest absolute Gasteiger partial charge is 0.274 e. The van der Waals surface area contributed by atoms with Gasteiger partial charge in [-0.1, -0.05) is 6.07 Å². The van der Waals surface area contributed by atoms with Gasteiger partial charge in [0.2, 0.25) is 0 Å². The number of nitrogens with zero attached hydrogens (tertiary/aromatic N) is 2. The first-order chi connectivity index (χ1) is 12.1. The van der Waals surface area contributed by atoms with Gasteiger partial charge in [0, 0.05) is 25.4 Å². The normalized spacial score (nSPS) is 10.0. The highest BCUT2D eigenvalue weighted by Crippen LogP contribution is 2.22. The third-order valence-electron chi connectivity index (χ3n) is 3.49. The molecule has 0 saturated carbocycles. The number of anilines is 2. The molecule has 4 N–H and O–H groups in total. The summed E-state index contributed by atoms with van der Waals surface area (Å²) in [6.07, 6.45) is 2.92. The van der Waals surface area contributed by atoms with Gasteiger partial charge in [0.25, 0.3) is 5.91 Å². The van der Waals surface area contributed by atoms with Crippen molar-refractivity contribution in [3.8, 4) is 6.07 Å². The van der Waals surface area contributed by atoms with Gasteiger partial charge in [-0.25, -0.2) is 4.98 Å². The maximum absolute atomic E-state index is 12.3. The lowest BCUT2D eigenvalue weighted by atomic mass is 10.0. The molecule has 0 bridgehead atoms. The van der Waals surface area contributed by atoms with E-state index in [2.05, 4.69) is 10.3 Å². The monoisotopic (exact) mass is 335 g/mol. The summed E-state index contributed by atoms with van der Waals surface area (Å²) in [5.74, 6) is -0.456. The molecule has 0 aliphatic carbocycles. The van der Waals surface area contributed by atoms with E-state index in [9.17, 15) is 4.79 Å². The zero-order valence-electron chi connectivity index (χ0n) is 13.0. The Bertz CT molecular complexity index is 997. The van der Waals surface area contributed by atoms with Crippen LogP contribution in [0.15, 0.2) is 59.4 Å². The van der Waals surface area contributed by atoms with Crippen molar-refractivity contribution < 1.29 is 12.1 Å². The molecule has 0 atom stereocenters. The number of nitrogens with two attached hydrogens (primary N) is 1. The van der Waals surface area contributed by atoms with Gasteiger partial charge in [-0.05, 0) is 36.4 Å². The van der Waals surface area contributed by atoms with E-state index in [1.807, 2.05) is 6.07 Å². The third-order valence-corrected chi connectivity index (χ3v) is 3.49. The number of pyridine rings is 1. The molecule has 0 spiro atoms. The first kappa shape index (κ1) is 16.0. The van der Waals surface area contributed by atoms with Crippen molar-refractivity contribution >= 4 is 23.0 Å². The van der Waals surface area contributed by atoms with E-state index >= 15 is 0 Å². The topological polar surface area (TPSA) is 129 Å². The van der Waals surface area contributed by atoms with Crippen LogP contribution in [0.4, 0.5) is 11.4 Å². The van der Waals surface area contributed by atoms with E-state index in [1.54, 1.807) is 30.3 Å². The Morgan fingerprint density at radius 2 is 2.16 bits per heavy atom. The van der Waals surface area contributed by atoms with Crippen molar-refractivity contribution in [3.05, 3.63) is 77.5 Å². The third kappa shape index (κ3) is 3.38. The van der Waals surface area contributed by atoms with E-state index in [-0.39, 0.29) is 20.0 Å². The van der Waals surface area contributed by atoms with Crippen LogP contribution in [0.3, 0.4) is 0 Å². The lowest BCUT2D eigenvalue weighted by Crippen LogP contribution is -2.15. The van der Waals surface area contributed by atoms with Crippen LogP contribution in [0.5, 0.6) is 0 Å². The molecule has 0 saturated heterocycles. The Morgan fingerprint density at radius 1 is 1.32 bits per heavy atom. The molecule has 2 aromatic heterocycles. The van der Waals surface area contributed by atoms with Crippen LogP contribution in [0, 0.1) is 16.7 Å². The number of rotatable bonds is 4. The molecular weight excluding hydrogens is 318 g/mol. The molecule has 126 valence electrons. The van der Waals surface area contributed by atoms with Gasteiger partial charge in [0.05, 0.1) is 18.2 Å². The molecule has 1 amide bonds. The minimum atomic E-state index is -0.456. The molecule has 3 rings (SSSR count). The maximum Gasteiger partial charge on any atom is 0.274 e. The van der Waals surface area contributed by atoms with Crippen LogP contribution in [-0.4, -0.2) is 16.6 Å². The van der Waals surface area contributed by atoms with Gasteiger partial charge >= 0.3 is 0 Å². The van der Waals surface area contributed by atoms with E-state index < -0.39 is 5.91 Å². The van der Waals surface area contributed by atoms with Crippen LogP contribution < -0.4 is 11.1 Å². The van der Waals surface area contributed by atoms with Crippen LogP contribution in [-0.2, 0) is 0 Å². The number of amides is 1. The van der Waals surface area contributed by atoms with Crippen molar-refractivity contribution in [1.82, 2.24) is 4.98 Å². The van der Waals surface area contributed by atoms with Gasteiger partial charge in [0.1, 0.15) is 17.5 Å². The molecule has 0 aliphatic rings. The first-order valence-electron chi connectivity index (χ1n) is 7.28. The van der Waals surface area contributed by atoms with E-state index in [0.29, 0.717) is 22.5 Å². The molecule has 0 fully saturated rings. The zero-order valence-corrected chi connectivity index (χ0v) is 13.0. The van der Waals surface area contributed by atoms with Gasteiger partial charge < -0.3 is 15.5 Å². The number of carbonyl (C=O) groups is 1. The van der Waals surface area contributed by atoms with Crippen LogP contribution in [0.25, 0.3) is 0 Å². The number of nitriles is 1. The molecule has 0 unspecified atom stereocenters. The summed E-state index contributed by atoms with van der Waals surface area (Å²) in [5, 5.41) is 19.8. The summed E-state index contributed by atoms with van der Waals surface area (Å²) in [7, 11) is 0. The highest BCUT2D eigenvalue weighted by Gasteiger charge is 2.13. The number of nitrogens with one attached hydrogen (secondary N) is 2.